The number of unbranched alkanes of at least 4 members (excludes halogenated alkanes) is 1. The van der Waals surface area contributed by atoms with Crippen molar-refractivity contribution in [2.45, 2.75) is 52.4 Å². The predicted octanol–water partition coefficient (Wildman–Crippen LogP) is 2.49. The zero-order valence-electron chi connectivity index (χ0n) is 8.68. The lowest BCUT2D eigenvalue weighted by molar-refractivity contribution is -0.129. The van der Waals surface area contributed by atoms with E-state index in [1.165, 1.54) is 19.3 Å². The van der Waals surface area contributed by atoms with Crippen LogP contribution in [0, 0.1) is 5.92 Å². The predicted molar refractivity (Wildman–Crippen MR) is 52.5 cm³/mol. The minimum absolute atomic E-state index is 0.274. The smallest absolute Gasteiger partial charge is 0.243 e. The molecule has 0 unspecified atom stereocenters. The molecule has 0 fully saturated rings. The number of carbonyl (C=O) groups is 1. The van der Waals surface area contributed by atoms with Crippen molar-refractivity contribution in [1.82, 2.24) is 5.48 Å². The summed E-state index contributed by atoms with van der Waals surface area (Å²) in [7, 11) is 0. The van der Waals surface area contributed by atoms with Gasteiger partial charge in [-0.3, -0.25) is 10.0 Å². The van der Waals surface area contributed by atoms with Crippen molar-refractivity contribution in [3.05, 3.63) is 0 Å². The number of hydrogen-bond acceptors (Lipinski definition) is 2. The molecular formula is C10H21NO2. The first-order valence-corrected chi connectivity index (χ1v) is 5.17. The van der Waals surface area contributed by atoms with Crippen LogP contribution in [0.4, 0.5) is 0 Å². The molecule has 3 heteroatoms. The Bertz CT molecular complexity index is 133. The topological polar surface area (TPSA) is 49.3 Å². The number of hydroxylamine groups is 1. The van der Waals surface area contributed by atoms with E-state index in [1.54, 1.807) is 5.48 Å². The highest BCUT2D eigenvalue weighted by Gasteiger charge is 2.03. The summed E-state index contributed by atoms with van der Waals surface area (Å²) in [6.45, 7) is 4.41. The van der Waals surface area contributed by atoms with Crippen molar-refractivity contribution in [2.75, 3.05) is 0 Å². The maximum atomic E-state index is 10.6. The third kappa shape index (κ3) is 6.58. The summed E-state index contributed by atoms with van der Waals surface area (Å²) in [4.78, 5) is 10.6. The first-order valence-electron chi connectivity index (χ1n) is 5.17. The Kier molecular flexibility index (Phi) is 7.69. The van der Waals surface area contributed by atoms with Crippen molar-refractivity contribution in [3.63, 3.8) is 0 Å². The molecule has 0 radical (unpaired) electrons. The van der Waals surface area contributed by atoms with Gasteiger partial charge in [-0.25, -0.2) is 5.48 Å². The molecule has 3 nitrogen and oxygen atoms in total. The summed E-state index contributed by atoms with van der Waals surface area (Å²) in [5.41, 5.74) is 1.64. The molecule has 0 saturated carbocycles. The third-order valence-corrected chi connectivity index (χ3v) is 2.55. The van der Waals surface area contributed by atoms with Crippen LogP contribution in [-0.2, 0) is 4.79 Å². The average molecular weight is 187 g/mol. The Morgan fingerprint density at radius 3 is 2.38 bits per heavy atom. The van der Waals surface area contributed by atoms with Gasteiger partial charge >= 0.3 is 0 Å². The molecule has 0 saturated heterocycles. The molecule has 0 aromatic carbocycles. The summed E-state index contributed by atoms with van der Waals surface area (Å²) in [6.07, 6.45) is 6.05. The van der Waals surface area contributed by atoms with E-state index in [1.807, 2.05) is 0 Å². The van der Waals surface area contributed by atoms with Gasteiger partial charge in [0.25, 0.3) is 0 Å². The lowest BCUT2D eigenvalue weighted by Crippen LogP contribution is -2.17. The monoisotopic (exact) mass is 187 g/mol. The number of carbonyl (C=O) groups excluding carboxylic acids is 1. The Morgan fingerprint density at radius 1 is 1.31 bits per heavy atom. The van der Waals surface area contributed by atoms with E-state index in [0.29, 0.717) is 6.42 Å². The van der Waals surface area contributed by atoms with Gasteiger partial charge in [0.1, 0.15) is 0 Å². The van der Waals surface area contributed by atoms with Gasteiger partial charge in [-0.2, -0.15) is 0 Å². The van der Waals surface area contributed by atoms with E-state index in [9.17, 15) is 4.79 Å². The van der Waals surface area contributed by atoms with Crippen LogP contribution in [0.5, 0.6) is 0 Å². The van der Waals surface area contributed by atoms with Gasteiger partial charge in [0.05, 0.1) is 0 Å². The number of nitrogens with one attached hydrogen (secondary N) is 1. The van der Waals surface area contributed by atoms with Crippen molar-refractivity contribution >= 4 is 5.91 Å². The lowest BCUT2D eigenvalue weighted by Gasteiger charge is -2.10. The molecule has 0 aliphatic rings. The fourth-order valence-electron chi connectivity index (χ4n) is 1.47. The number of rotatable bonds is 7. The summed E-state index contributed by atoms with van der Waals surface area (Å²) < 4.78 is 0. The van der Waals surface area contributed by atoms with Crippen molar-refractivity contribution in [1.29, 1.82) is 0 Å². The molecule has 78 valence electrons. The summed E-state index contributed by atoms with van der Waals surface area (Å²) in [5.74, 6) is 0.529. The quantitative estimate of drug-likeness (QED) is 0.365. The molecule has 0 spiro atoms. The number of amides is 1. The second-order valence-electron chi connectivity index (χ2n) is 3.46. The molecular weight excluding hydrogens is 166 g/mol. The number of hydrogen-bond donors (Lipinski definition) is 2. The van der Waals surface area contributed by atoms with Crippen LogP contribution in [0.2, 0.25) is 0 Å². The first kappa shape index (κ1) is 12.4. The van der Waals surface area contributed by atoms with E-state index in [-0.39, 0.29) is 5.91 Å². The minimum Gasteiger partial charge on any atom is -0.289 e. The van der Waals surface area contributed by atoms with E-state index in [0.717, 1.165) is 18.8 Å². The summed E-state index contributed by atoms with van der Waals surface area (Å²) in [5, 5.41) is 8.24. The van der Waals surface area contributed by atoms with E-state index in [2.05, 4.69) is 13.8 Å². The fraction of sp³-hybridized carbons (Fsp3) is 0.900. The largest absolute Gasteiger partial charge is 0.289 e. The van der Waals surface area contributed by atoms with Crippen LogP contribution in [-0.4, -0.2) is 11.1 Å². The van der Waals surface area contributed by atoms with Gasteiger partial charge < -0.3 is 0 Å². The Morgan fingerprint density at radius 2 is 1.92 bits per heavy atom. The molecule has 0 atom stereocenters. The van der Waals surface area contributed by atoms with Gasteiger partial charge in [0.2, 0.25) is 5.91 Å². The molecule has 0 aliphatic carbocycles. The normalized spacial score (nSPS) is 10.5. The summed E-state index contributed by atoms with van der Waals surface area (Å²) in [6, 6.07) is 0. The second kappa shape index (κ2) is 8.05. The highest BCUT2D eigenvalue weighted by Crippen LogP contribution is 2.16. The minimum atomic E-state index is -0.274. The van der Waals surface area contributed by atoms with Gasteiger partial charge in [-0.15, -0.1) is 0 Å². The molecule has 0 aromatic rings. The van der Waals surface area contributed by atoms with Gasteiger partial charge in [0, 0.05) is 6.42 Å². The van der Waals surface area contributed by atoms with Gasteiger partial charge in [-0.05, 0) is 12.3 Å². The zero-order valence-corrected chi connectivity index (χ0v) is 8.68. The molecule has 0 bridgehead atoms. The van der Waals surface area contributed by atoms with Crippen LogP contribution in [0.3, 0.4) is 0 Å². The van der Waals surface area contributed by atoms with Gasteiger partial charge in [-0.1, -0.05) is 39.5 Å². The molecule has 0 aromatic heterocycles. The van der Waals surface area contributed by atoms with Gasteiger partial charge in [0.15, 0.2) is 0 Å². The fourth-order valence-corrected chi connectivity index (χ4v) is 1.47. The SMILES string of the molecule is CCC(CC)CCCCC(=O)NO. The van der Waals surface area contributed by atoms with E-state index < -0.39 is 0 Å². The lowest BCUT2D eigenvalue weighted by atomic mass is 9.96. The van der Waals surface area contributed by atoms with Crippen LogP contribution in [0.25, 0.3) is 0 Å². The molecule has 0 rings (SSSR count). The van der Waals surface area contributed by atoms with E-state index in [4.69, 9.17) is 5.21 Å². The molecule has 0 aliphatic heterocycles. The van der Waals surface area contributed by atoms with Crippen LogP contribution in [0.15, 0.2) is 0 Å². The van der Waals surface area contributed by atoms with Crippen molar-refractivity contribution in [3.8, 4) is 0 Å². The van der Waals surface area contributed by atoms with Crippen LogP contribution < -0.4 is 5.48 Å². The van der Waals surface area contributed by atoms with Crippen molar-refractivity contribution < 1.29 is 10.0 Å². The maximum absolute atomic E-state index is 10.6. The zero-order chi connectivity index (χ0) is 10.1. The molecule has 2 N–H and O–H groups in total. The van der Waals surface area contributed by atoms with E-state index >= 15 is 0 Å². The first-order chi connectivity index (χ1) is 6.24. The second-order valence-corrected chi connectivity index (χ2v) is 3.46. The Labute approximate surface area is 80.5 Å². The van der Waals surface area contributed by atoms with Crippen LogP contribution >= 0.6 is 0 Å². The summed E-state index contributed by atoms with van der Waals surface area (Å²) >= 11 is 0. The Balaban J connectivity index is 3.28. The highest BCUT2D eigenvalue weighted by molar-refractivity contribution is 5.74. The average Bonchev–Trinajstić information content (AvgIpc) is 2.18. The molecule has 0 heterocycles. The third-order valence-electron chi connectivity index (χ3n) is 2.55. The molecule has 1 amide bonds. The Hall–Kier alpha value is -0.570. The maximum Gasteiger partial charge on any atom is 0.243 e. The van der Waals surface area contributed by atoms with Crippen molar-refractivity contribution in [2.24, 2.45) is 5.92 Å². The highest BCUT2D eigenvalue weighted by atomic mass is 16.5. The van der Waals surface area contributed by atoms with Crippen LogP contribution in [0.1, 0.15) is 52.4 Å². The standard InChI is InChI=1S/C10H21NO2/c1-3-9(4-2)7-5-6-8-10(12)11-13/h9,13H,3-8H2,1-2H3,(H,11,12). The molecule has 13 heavy (non-hydrogen) atoms.